The van der Waals surface area contributed by atoms with Gasteiger partial charge in [0.1, 0.15) is 24.7 Å². The van der Waals surface area contributed by atoms with Crippen LogP contribution in [0.15, 0.2) is 97.1 Å². The van der Waals surface area contributed by atoms with E-state index in [2.05, 4.69) is 38.1 Å². The highest BCUT2D eigenvalue weighted by atomic mass is 16.5. The lowest BCUT2D eigenvalue weighted by molar-refractivity contribution is 0.306. The normalized spacial score (nSPS) is 11.2. The molecule has 0 aliphatic heterocycles. The average Bonchev–Trinajstić information content (AvgIpc) is 2.84. The Balaban J connectivity index is 1.37. The summed E-state index contributed by atoms with van der Waals surface area (Å²) in [7, 11) is 0. The van der Waals surface area contributed by atoms with Gasteiger partial charge in [-0.25, -0.2) is 0 Å². The van der Waals surface area contributed by atoms with Crippen molar-refractivity contribution in [3.8, 4) is 11.5 Å². The van der Waals surface area contributed by atoms with Gasteiger partial charge in [0.25, 0.3) is 0 Å². The Morgan fingerprint density at radius 3 is 1.18 bits per heavy atom. The van der Waals surface area contributed by atoms with Crippen molar-refractivity contribution in [1.82, 2.24) is 0 Å². The van der Waals surface area contributed by atoms with E-state index in [0.29, 0.717) is 13.2 Å². The van der Waals surface area contributed by atoms with Crippen LogP contribution in [0.1, 0.15) is 36.1 Å². The van der Waals surface area contributed by atoms with Crippen LogP contribution in [-0.4, -0.2) is 0 Å². The lowest BCUT2D eigenvalue weighted by atomic mass is 9.78. The van der Waals surface area contributed by atoms with Crippen molar-refractivity contribution < 1.29 is 9.47 Å². The van der Waals surface area contributed by atoms with E-state index < -0.39 is 0 Å². The molecule has 4 aromatic carbocycles. The van der Waals surface area contributed by atoms with Crippen LogP contribution in [0.4, 0.5) is 11.4 Å². The minimum absolute atomic E-state index is 0.148. The third-order valence-corrected chi connectivity index (χ3v) is 5.92. The standard InChI is InChI=1S/C29H30N2O2/c1-29(2,23-7-15-27(16-8-23)32-19-21-3-11-25(30)12-4-21)24-9-17-28(18-10-24)33-20-22-5-13-26(31)14-6-22/h3-18H,19-20,30-31H2,1-2H3. The maximum atomic E-state index is 5.93. The number of ether oxygens (including phenoxy) is 2. The summed E-state index contributed by atoms with van der Waals surface area (Å²) in [6, 6.07) is 32.1. The second kappa shape index (κ2) is 9.70. The van der Waals surface area contributed by atoms with Crippen molar-refractivity contribution in [3.63, 3.8) is 0 Å². The Morgan fingerprint density at radius 2 is 0.848 bits per heavy atom. The Labute approximate surface area is 195 Å². The summed E-state index contributed by atoms with van der Waals surface area (Å²) in [6.07, 6.45) is 0. The highest BCUT2D eigenvalue weighted by Gasteiger charge is 2.23. The molecule has 0 atom stereocenters. The van der Waals surface area contributed by atoms with E-state index in [0.717, 1.165) is 34.0 Å². The fraction of sp³-hybridized carbons (Fsp3) is 0.172. The Morgan fingerprint density at radius 1 is 0.515 bits per heavy atom. The third-order valence-electron chi connectivity index (χ3n) is 5.92. The monoisotopic (exact) mass is 438 g/mol. The second-order valence-electron chi connectivity index (χ2n) is 8.73. The molecule has 0 spiro atoms. The predicted molar refractivity (Wildman–Crippen MR) is 135 cm³/mol. The first-order valence-corrected chi connectivity index (χ1v) is 11.1. The number of hydrogen-bond acceptors (Lipinski definition) is 4. The van der Waals surface area contributed by atoms with Crippen molar-refractivity contribution >= 4 is 11.4 Å². The highest BCUT2D eigenvalue weighted by molar-refractivity contribution is 5.43. The van der Waals surface area contributed by atoms with Crippen LogP contribution >= 0.6 is 0 Å². The zero-order valence-electron chi connectivity index (χ0n) is 19.1. The maximum Gasteiger partial charge on any atom is 0.119 e. The molecule has 0 aliphatic carbocycles. The molecule has 0 aromatic heterocycles. The van der Waals surface area contributed by atoms with Crippen molar-refractivity contribution in [1.29, 1.82) is 0 Å². The van der Waals surface area contributed by atoms with Gasteiger partial charge in [-0.2, -0.15) is 0 Å². The number of anilines is 2. The van der Waals surface area contributed by atoms with Gasteiger partial charge in [-0.05, 0) is 70.8 Å². The quantitative estimate of drug-likeness (QED) is 0.315. The Bertz CT molecular complexity index is 1070. The summed E-state index contributed by atoms with van der Waals surface area (Å²) in [5, 5.41) is 0. The zero-order valence-corrected chi connectivity index (χ0v) is 19.1. The summed E-state index contributed by atoms with van der Waals surface area (Å²) in [5.41, 5.74) is 17.5. The van der Waals surface area contributed by atoms with Crippen LogP contribution in [0.2, 0.25) is 0 Å². The van der Waals surface area contributed by atoms with Gasteiger partial charge in [-0.1, -0.05) is 62.4 Å². The molecule has 168 valence electrons. The lowest BCUT2D eigenvalue weighted by Crippen LogP contribution is -2.18. The van der Waals surface area contributed by atoms with Gasteiger partial charge >= 0.3 is 0 Å². The largest absolute Gasteiger partial charge is 0.489 e. The van der Waals surface area contributed by atoms with Crippen LogP contribution in [0.25, 0.3) is 0 Å². The molecule has 0 saturated carbocycles. The van der Waals surface area contributed by atoms with E-state index in [1.807, 2.05) is 72.8 Å². The van der Waals surface area contributed by atoms with E-state index in [1.54, 1.807) is 0 Å². The minimum atomic E-state index is -0.148. The average molecular weight is 439 g/mol. The van der Waals surface area contributed by atoms with Gasteiger partial charge in [0, 0.05) is 16.8 Å². The number of nitrogen functional groups attached to an aromatic ring is 2. The van der Waals surface area contributed by atoms with Gasteiger partial charge < -0.3 is 20.9 Å². The SMILES string of the molecule is CC(C)(c1ccc(OCc2ccc(N)cc2)cc1)c1ccc(OCc2ccc(N)cc2)cc1. The van der Waals surface area contributed by atoms with E-state index in [1.165, 1.54) is 11.1 Å². The Hall–Kier alpha value is -3.92. The van der Waals surface area contributed by atoms with Gasteiger partial charge in [0.05, 0.1) is 0 Å². The molecule has 0 radical (unpaired) electrons. The highest BCUT2D eigenvalue weighted by Crippen LogP contribution is 2.33. The molecule has 0 bridgehead atoms. The lowest BCUT2D eigenvalue weighted by Gasteiger charge is -2.26. The van der Waals surface area contributed by atoms with Crippen molar-refractivity contribution in [2.75, 3.05) is 11.5 Å². The summed E-state index contributed by atoms with van der Waals surface area (Å²) >= 11 is 0. The van der Waals surface area contributed by atoms with Gasteiger partial charge in [0.15, 0.2) is 0 Å². The second-order valence-corrected chi connectivity index (χ2v) is 8.73. The van der Waals surface area contributed by atoms with Crippen LogP contribution in [-0.2, 0) is 18.6 Å². The molecule has 4 nitrogen and oxygen atoms in total. The Kier molecular flexibility index (Phi) is 6.55. The molecule has 4 N–H and O–H groups in total. The molecule has 0 fully saturated rings. The molecule has 0 aliphatic rings. The molecule has 0 unspecified atom stereocenters. The predicted octanol–water partition coefficient (Wildman–Crippen LogP) is 6.33. The molecule has 4 rings (SSSR count). The summed E-state index contributed by atoms with van der Waals surface area (Å²) < 4.78 is 11.9. The molecule has 4 aromatic rings. The minimum Gasteiger partial charge on any atom is -0.489 e. The number of rotatable bonds is 8. The molecular weight excluding hydrogens is 408 g/mol. The molecule has 0 heterocycles. The number of benzene rings is 4. The summed E-state index contributed by atoms with van der Waals surface area (Å²) in [4.78, 5) is 0. The van der Waals surface area contributed by atoms with Crippen molar-refractivity contribution in [2.45, 2.75) is 32.5 Å². The first-order valence-electron chi connectivity index (χ1n) is 11.1. The fourth-order valence-electron chi connectivity index (χ4n) is 3.66. The van der Waals surface area contributed by atoms with Crippen molar-refractivity contribution in [3.05, 3.63) is 119 Å². The number of nitrogens with two attached hydrogens (primary N) is 2. The van der Waals surface area contributed by atoms with E-state index >= 15 is 0 Å². The van der Waals surface area contributed by atoms with Gasteiger partial charge in [-0.15, -0.1) is 0 Å². The van der Waals surface area contributed by atoms with Crippen LogP contribution in [0, 0.1) is 0 Å². The van der Waals surface area contributed by atoms with E-state index in [4.69, 9.17) is 20.9 Å². The summed E-state index contributed by atoms with van der Waals surface area (Å²) in [6.45, 7) is 5.48. The smallest absolute Gasteiger partial charge is 0.119 e. The zero-order chi connectivity index (χ0) is 23.3. The molecule has 4 heteroatoms. The molecule has 0 amide bonds. The van der Waals surface area contributed by atoms with E-state index in [-0.39, 0.29) is 5.41 Å². The van der Waals surface area contributed by atoms with Crippen molar-refractivity contribution in [2.24, 2.45) is 0 Å². The van der Waals surface area contributed by atoms with Crippen LogP contribution in [0.5, 0.6) is 11.5 Å². The van der Waals surface area contributed by atoms with Gasteiger partial charge in [-0.3, -0.25) is 0 Å². The molecule has 33 heavy (non-hydrogen) atoms. The first-order chi connectivity index (χ1) is 15.9. The molecule has 0 saturated heterocycles. The summed E-state index contributed by atoms with van der Waals surface area (Å²) in [5.74, 6) is 1.69. The van der Waals surface area contributed by atoms with Gasteiger partial charge in [0.2, 0.25) is 0 Å². The fourth-order valence-corrected chi connectivity index (χ4v) is 3.66. The van der Waals surface area contributed by atoms with Crippen LogP contribution < -0.4 is 20.9 Å². The maximum absolute atomic E-state index is 5.93. The number of hydrogen-bond donors (Lipinski definition) is 2. The van der Waals surface area contributed by atoms with E-state index in [9.17, 15) is 0 Å². The third kappa shape index (κ3) is 5.66. The first kappa shape index (κ1) is 22.3. The topological polar surface area (TPSA) is 70.5 Å². The van der Waals surface area contributed by atoms with Crippen LogP contribution in [0.3, 0.4) is 0 Å². The molecular formula is C29H30N2O2.